The molecule has 2 nitrogen and oxygen atoms in total. The number of rotatable bonds is 3. The lowest BCUT2D eigenvalue weighted by Crippen LogP contribution is -2.27. The van der Waals surface area contributed by atoms with Crippen LogP contribution in [-0.4, -0.2) is 18.0 Å². The number of hydrogen-bond acceptors (Lipinski definition) is 2. The first-order valence-electron chi connectivity index (χ1n) is 6.88. The summed E-state index contributed by atoms with van der Waals surface area (Å²) in [7, 11) is 0. The molecule has 0 spiro atoms. The Kier molecular flexibility index (Phi) is 2.98. The Morgan fingerprint density at radius 3 is 2.56 bits per heavy atom. The van der Waals surface area contributed by atoms with E-state index in [1.165, 1.54) is 16.7 Å². The van der Waals surface area contributed by atoms with Gasteiger partial charge in [0.25, 0.3) is 0 Å². The molecule has 0 saturated carbocycles. The van der Waals surface area contributed by atoms with E-state index in [1.54, 1.807) is 0 Å². The van der Waals surface area contributed by atoms with Crippen LogP contribution in [0.25, 0.3) is 0 Å². The molecule has 0 amide bonds. The van der Waals surface area contributed by atoms with Gasteiger partial charge in [0.15, 0.2) is 0 Å². The molecule has 2 saturated heterocycles. The monoisotopic (exact) mass is 244 g/mol. The Bertz CT molecular complexity index is 458. The average molecular weight is 244 g/mol. The van der Waals surface area contributed by atoms with Crippen molar-refractivity contribution in [2.45, 2.75) is 51.7 Å². The molecule has 2 aliphatic heterocycles. The highest BCUT2D eigenvalue weighted by Gasteiger charge is 2.43. The van der Waals surface area contributed by atoms with Crippen molar-refractivity contribution >= 4 is 5.78 Å². The van der Waals surface area contributed by atoms with Crippen molar-refractivity contribution in [3.8, 4) is 0 Å². The van der Waals surface area contributed by atoms with Crippen LogP contribution in [0.5, 0.6) is 0 Å². The number of ketones is 1. The molecule has 3 unspecified atom stereocenters. The van der Waals surface area contributed by atoms with Crippen molar-refractivity contribution in [2.75, 3.05) is 0 Å². The van der Waals surface area contributed by atoms with E-state index in [0.717, 1.165) is 19.3 Å². The Labute approximate surface area is 108 Å². The lowest BCUT2D eigenvalue weighted by Gasteiger charge is -2.18. The summed E-state index contributed by atoms with van der Waals surface area (Å²) < 4.78 is 5.78. The minimum Gasteiger partial charge on any atom is -0.374 e. The molecule has 0 aliphatic carbocycles. The summed E-state index contributed by atoms with van der Waals surface area (Å²) in [5.74, 6) is 0.530. The highest BCUT2D eigenvalue weighted by atomic mass is 16.5. The molecule has 18 heavy (non-hydrogen) atoms. The van der Waals surface area contributed by atoms with Crippen LogP contribution in [-0.2, 0) is 16.0 Å². The second kappa shape index (κ2) is 4.51. The maximum Gasteiger partial charge on any atom is 0.143 e. The number of Topliss-reactive ketones (excluding diaryl/α,β-unsaturated/α-hetero) is 1. The molecule has 0 aromatic heterocycles. The molecule has 3 rings (SSSR count). The Morgan fingerprint density at radius 1 is 1.28 bits per heavy atom. The van der Waals surface area contributed by atoms with E-state index >= 15 is 0 Å². The van der Waals surface area contributed by atoms with Crippen LogP contribution in [0.1, 0.15) is 36.0 Å². The SMILES string of the molecule is Cc1cccc(C)c1CC(=O)C1CC2CCC1O2. The minimum atomic E-state index is 0.155. The van der Waals surface area contributed by atoms with Gasteiger partial charge in [-0.05, 0) is 49.8 Å². The molecule has 2 fully saturated rings. The Morgan fingerprint density at radius 2 is 2.00 bits per heavy atom. The predicted molar refractivity (Wildman–Crippen MR) is 70.6 cm³/mol. The van der Waals surface area contributed by atoms with Crippen molar-refractivity contribution in [3.63, 3.8) is 0 Å². The molecule has 96 valence electrons. The maximum atomic E-state index is 12.4. The van der Waals surface area contributed by atoms with Crippen LogP contribution in [0.4, 0.5) is 0 Å². The topological polar surface area (TPSA) is 26.3 Å². The van der Waals surface area contributed by atoms with Gasteiger partial charge < -0.3 is 4.74 Å². The van der Waals surface area contributed by atoms with E-state index in [9.17, 15) is 4.79 Å². The molecule has 0 radical (unpaired) electrons. The van der Waals surface area contributed by atoms with Gasteiger partial charge >= 0.3 is 0 Å². The van der Waals surface area contributed by atoms with Gasteiger partial charge in [-0.25, -0.2) is 0 Å². The number of aryl methyl sites for hydroxylation is 2. The summed E-state index contributed by atoms with van der Waals surface area (Å²) in [6.07, 6.45) is 4.34. The molecular formula is C16H20O2. The second-order valence-corrected chi connectivity index (χ2v) is 5.73. The molecule has 2 heteroatoms. The second-order valence-electron chi connectivity index (χ2n) is 5.73. The van der Waals surface area contributed by atoms with Crippen molar-refractivity contribution in [1.82, 2.24) is 0 Å². The lowest BCUT2D eigenvalue weighted by atomic mass is 9.83. The van der Waals surface area contributed by atoms with Crippen LogP contribution in [0.2, 0.25) is 0 Å². The third-order valence-corrected chi connectivity index (χ3v) is 4.52. The van der Waals surface area contributed by atoms with Crippen LogP contribution in [0, 0.1) is 19.8 Å². The standard InChI is InChI=1S/C16H20O2/c1-10-4-3-5-11(2)13(10)9-15(17)14-8-12-6-7-16(14)18-12/h3-5,12,14,16H,6-9H2,1-2H3. The Hall–Kier alpha value is -1.15. The van der Waals surface area contributed by atoms with Gasteiger partial charge in [0, 0.05) is 12.3 Å². The predicted octanol–water partition coefficient (Wildman–Crippen LogP) is 2.98. The summed E-state index contributed by atoms with van der Waals surface area (Å²) in [6, 6.07) is 6.24. The van der Waals surface area contributed by atoms with E-state index in [-0.39, 0.29) is 12.0 Å². The van der Waals surface area contributed by atoms with E-state index in [0.29, 0.717) is 18.3 Å². The van der Waals surface area contributed by atoms with Crippen molar-refractivity contribution in [3.05, 3.63) is 34.9 Å². The zero-order valence-electron chi connectivity index (χ0n) is 11.1. The number of carbonyl (C=O) groups excluding carboxylic acids is 1. The lowest BCUT2D eigenvalue weighted by molar-refractivity contribution is -0.123. The molecule has 2 aliphatic rings. The number of hydrogen-bond donors (Lipinski definition) is 0. The van der Waals surface area contributed by atoms with Gasteiger partial charge in [-0.1, -0.05) is 18.2 Å². The summed E-state index contributed by atoms with van der Waals surface area (Å²) >= 11 is 0. The van der Waals surface area contributed by atoms with E-state index in [1.807, 2.05) is 0 Å². The normalized spacial score (nSPS) is 29.8. The maximum absolute atomic E-state index is 12.4. The third-order valence-electron chi connectivity index (χ3n) is 4.52. The fraction of sp³-hybridized carbons (Fsp3) is 0.562. The van der Waals surface area contributed by atoms with Gasteiger partial charge in [0.05, 0.1) is 12.2 Å². The van der Waals surface area contributed by atoms with Gasteiger partial charge in [0.1, 0.15) is 5.78 Å². The van der Waals surface area contributed by atoms with Crippen molar-refractivity contribution in [2.24, 2.45) is 5.92 Å². The third kappa shape index (κ3) is 1.99. The van der Waals surface area contributed by atoms with E-state index < -0.39 is 0 Å². The van der Waals surface area contributed by atoms with Crippen LogP contribution < -0.4 is 0 Å². The van der Waals surface area contributed by atoms with E-state index in [4.69, 9.17) is 4.74 Å². The molecule has 2 bridgehead atoms. The van der Waals surface area contributed by atoms with Crippen LogP contribution >= 0.6 is 0 Å². The quantitative estimate of drug-likeness (QED) is 0.817. The fourth-order valence-corrected chi connectivity index (χ4v) is 3.41. The molecule has 1 aromatic rings. The van der Waals surface area contributed by atoms with Crippen molar-refractivity contribution in [1.29, 1.82) is 0 Å². The highest BCUT2D eigenvalue weighted by Crippen LogP contribution is 2.39. The summed E-state index contributed by atoms with van der Waals surface area (Å²) in [5, 5.41) is 0. The molecule has 0 N–H and O–H groups in total. The fourth-order valence-electron chi connectivity index (χ4n) is 3.41. The number of benzene rings is 1. The van der Waals surface area contributed by atoms with Crippen LogP contribution in [0.3, 0.4) is 0 Å². The zero-order valence-corrected chi connectivity index (χ0v) is 11.1. The van der Waals surface area contributed by atoms with Crippen LogP contribution in [0.15, 0.2) is 18.2 Å². The zero-order chi connectivity index (χ0) is 12.7. The van der Waals surface area contributed by atoms with Gasteiger partial charge in [-0.15, -0.1) is 0 Å². The number of carbonyl (C=O) groups is 1. The molecule has 2 heterocycles. The highest BCUT2D eigenvalue weighted by molar-refractivity contribution is 5.84. The first-order valence-corrected chi connectivity index (χ1v) is 6.88. The largest absolute Gasteiger partial charge is 0.374 e. The van der Waals surface area contributed by atoms with Crippen molar-refractivity contribution < 1.29 is 9.53 Å². The molecular weight excluding hydrogens is 224 g/mol. The summed E-state index contributed by atoms with van der Waals surface area (Å²) in [6.45, 7) is 4.18. The molecule has 3 atom stereocenters. The number of fused-ring (bicyclic) bond motifs is 2. The number of ether oxygens (including phenoxy) is 1. The average Bonchev–Trinajstić information content (AvgIpc) is 2.96. The van der Waals surface area contributed by atoms with Gasteiger partial charge in [-0.3, -0.25) is 4.79 Å². The molecule has 1 aromatic carbocycles. The van der Waals surface area contributed by atoms with Gasteiger partial charge in [-0.2, -0.15) is 0 Å². The van der Waals surface area contributed by atoms with Gasteiger partial charge in [0.2, 0.25) is 0 Å². The first-order chi connectivity index (χ1) is 8.65. The first kappa shape index (κ1) is 11.9. The smallest absolute Gasteiger partial charge is 0.143 e. The minimum absolute atomic E-state index is 0.155. The summed E-state index contributed by atoms with van der Waals surface area (Å²) in [5.41, 5.74) is 3.67. The Balaban J connectivity index is 1.75. The van der Waals surface area contributed by atoms with E-state index in [2.05, 4.69) is 32.0 Å². The summed E-state index contributed by atoms with van der Waals surface area (Å²) in [4.78, 5) is 12.4.